The summed E-state index contributed by atoms with van der Waals surface area (Å²) >= 11 is 0. The van der Waals surface area contributed by atoms with Gasteiger partial charge in [-0.05, 0) is 31.2 Å². The van der Waals surface area contributed by atoms with Crippen LogP contribution < -0.4 is 0 Å². The average molecular weight is 253 g/mol. The zero-order valence-corrected chi connectivity index (χ0v) is 10.3. The molecular weight excluding hydrogens is 242 g/mol. The summed E-state index contributed by atoms with van der Waals surface area (Å²) in [6.45, 7) is 1.99. The summed E-state index contributed by atoms with van der Waals surface area (Å²) < 4.78 is 10.3. The number of rotatable bonds is 2. The number of hydrogen-bond acceptors (Lipinski definition) is 4. The van der Waals surface area contributed by atoms with E-state index >= 15 is 0 Å². The van der Waals surface area contributed by atoms with Crippen molar-refractivity contribution >= 4 is 17.9 Å². The summed E-state index contributed by atoms with van der Waals surface area (Å²) in [6.07, 6.45) is 3.10. The molecule has 0 spiro atoms. The van der Waals surface area contributed by atoms with Crippen molar-refractivity contribution in [2.24, 2.45) is 4.99 Å². The van der Waals surface area contributed by atoms with Gasteiger partial charge in [0, 0.05) is 11.6 Å². The van der Waals surface area contributed by atoms with E-state index in [4.69, 9.17) is 9.15 Å². The molecule has 4 heteroatoms. The predicted octanol–water partition coefficient (Wildman–Crippen LogP) is 2.93. The van der Waals surface area contributed by atoms with Crippen molar-refractivity contribution in [3.8, 4) is 0 Å². The molecule has 0 radical (unpaired) electrons. The maximum atomic E-state index is 11.7. The van der Waals surface area contributed by atoms with Crippen LogP contribution in [-0.2, 0) is 9.53 Å². The molecule has 0 atom stereocenters. The monoisotopic (exact) mass is 253 g/mol. The quantitative estimate of drug-likeness (QED) is 0.610. The van der Waals surface area contributed by atoms with Crippen molar-refractivity contribution < 1.29 is 13.9 Å². The first-order chi connectivity index (χ1) is 9.22. The molecule has 3 rings (SSSR count). The van der Waals surface area contributed by atoms with E-state index in [-0.39, 0.29) is 5.70 Å². The third kappa shape index (κ3) is 2.33. The van der Waals surface area contributed by atoms with Crippen LogP contribution >= 0.6 is 0 Å². The van der Waals surface area contributed by atoms with E-state index in [2.05, 4.69) is 4.99 Å². The van der Waals surface area contributed by atoms with Crippen molar-refractivity contribution in [3.05, 3.63) is 65.2 Å². The second-order valence-corrected chi connectivity index (χ2v) is 4.22. The Labute approximate surface area is 110 Å². The fraction of sp³-hybridized carbons (Fsp3) is 0.0667. The molecule has 4 nitrogen and oxygen atoms in total. The molecular formula is C15H11NO3. The number of esters is 1. The Balaban J connectivity index is 1.93. The van der Waals surface area contributed by atoms with Crippen molar-refractivity contribution in [2.75, 3.05) is 0 Å². The molecule has 94 valence electrons. The highest BCUT2D eigenvalue weighted by Gasteiger charge is 2.24. The first-order valence-corrected chi connectivity index (χ1v) is 5.85. The van der Waals surface area contributed by atoms with E-state index in [0.717, 1.165) is 11.1 Å². The van der Waals surface area contributed by atoms with Gasteiger partial charge in [-0.25, -0.2) is 9.79 Å². The molecule has 19 heavy (non-hydrogen) atoms. The summed E-state index contributed by atoms with van der Waals surface area (Å²) in [5.41, 5.74) is 2.16. The van der Waals surface area contributed by atoms with Crippen LogP contribution in [0.2, 0.25) is 0 Å². The van der Waals surface area contributed by atoms with Gasteiger partial charge in [0.25, 0.3) is 0 Å². The van der Waals surface area contributed by atoms with E-state index in [0.29, 0.717) is 11.7 Å². The van der Waals surface area contributed by atoms with Crippen LogP contribution in [0.5, 0.6) is 0 Å². The van der Waals surface area contributed by atoms with Gasteiger partial charge in [-0.2, -0.15) is 0 Å². The van der Waals surface area contributed by atoms with Crippen LogP contribution in [-0.4, -0.2) is 11.9 Å². The number of cyclic esters (lactones) is 1. The van der Waals surface area contributed by atoms with Crippen LogP contribution in [0.3, 0.4) is 0 Å². The summed E-state index contributed by atoms with van der Waals surface area (Å²) in [5.74, 6) is 0.427. The number of aryl methyl sites for hydroxylation is 1. The molecule has 0 amide bonds. The molecule has 1 aliphatic heterocycles. The lowest BCUT2D eigenvalue weighted by molar-refractivity contribution is -0.129. The molecule has 0 N–H and O–H groups in total. The highest BCUT2D eigenvalue weighted by molar-refractivity contribution is 6.12. The number of benzene rings is 1. The van der Waals surface area contributed by atoms with Crippen LogP contribution in [0.15, 0.2) is 57.8 Å². The third-order valence-corrected chi connectivity index (χ3v) is 2.74. The average Bonchev–Trinajstić information content (AvgIpc) is 3.02. The second-order valence-electron chi connectivity index (χ2n) is 4.22. The highest BCUT2D eigenvalue weighted by Crippen LogP contribution is 2.19. The predicted molar refractivity (Wildman–Crippen MR) is 70.5 cm³/mol. The van der Waals surface area contributed by atoms with Crippen LogP contribution in [0, 0.1) is 6.92 Å². The molecule has 0 saturated heterocycles. The summed E-state index contributed by atoms with van der Waals surface area (Å²) in [5, 5.41) is 0. The van der Waals surface area contributed by atoms with Crippen molar-refractivity contribution in [1.29, 1.82) is 0 Å². The molecule has 2 aromatic rings. The standard InChI is InChI=1S/C15H11NO3/c1-10-4-6-11(7-5-10)14-16-13(15(17)19-14)9-12-3-2-8-18-12/h2-9H,1H3/b13-9-. The SMILES string of the molecule is Cc1ccc(C2=N/C(=C\c3ccco3)C(=O)O2)cc1. The molecule has 0 fully saturated rings. The third-order valence-electron chi connectivity index (χ3n) is 2.74. The number of furan rings is 1. The Kier molecular flexibility index (Phi) is 2.76. The van der Waals surface area contributed by atoms with Crippen molar-refractivity contribution in [2.45, 2.75) is 6.92 Å². The molecule has 1 aliphatic rings. The fourth-order valence-electron chi connectivity index (χ4n) is 1.74. The van der Waals surface area contributed by atoms with Gasteiger partial charge in [-0.15, -0.1) is 0 Å². The Morgan fingerprint density at radius 3 is 2.63 bits per heavy atom. The number of carbonyl (C=O) groups excluding carboxylic acids is 1. The van der Waals surface area contributed by atoms with E-state index < -0.39 is 5.97 Å². The van der Waals surface area contributed by atoms with E-state index in [1.165, 1.54) is 6.26 Å². The van der Waals surface area contributed by atoms with Crippen molar-refractivity contribution in [1.82, 2.24) is 0 Å². The number of aliphatic imine (C=N–C) groups is 1. The van der Waals surface area contributed by atoms with E-state index in [1.807, 2.05) is 31.2 Å². The molecule has 0 saturated carbocycles. The number of carbonyl (C=O) groups is 1. The molecule has 0 unspecified atom stereocenters. The van der Waals surface area contributed by atoms with Crippen LogP contribution in [0.1, 0.15) is 16.9 Å². The first-order valence-electron chi connectivity index (χ1n) is 5.85. The number of hydrogen-bond donors (Lipinski definition) is 0. The Bertz CT molecular complexity index is 664. The van der Waals surface area contributed by atoms with Gasteiger partial charge in [0.15, 0.2) is 5.70 Å². The van der Waals surface area contributed by atoms with Gasteiger partial charge in [-0.3, -0.25) is 0 Å². The van der Waals surface area contributed by atoms with Gasteiger partial charge in [0.1, 0.15) is 5.76 Å². The van der Waals surface area contributed by atoms with Gasteiger partial charge in [0.05, 0.1) is 6.26 Å². The smallest absolute Gasteiger partial charge is 0.363 e. The molecule has 0 bridgehead atoms. The van der Waals surface area contributed by atoms with Crippen molar-refractivity contribution in [3.63, 3.8) is 0 Å². The zero-order valence-electron chi connectivity index (χ0n) is 10.3. The largest absolute Gasteiger partial charge is 0.465 e. The van der Waals surface area contributed by atoms with Crippen LogP contribution in [0.25, 0.3) is 6.08 Å². The molecule has 1 aromatic carbocycles. The summed E-state index contributed by atoms with van der Waals surface area (Å²) in [4.78, 5) is 15.9. The lowest BCUT2D eigenvalue weighted by atomic mass is 10.1. The number of ether oxygens (including phenoxy) is 1. The van der Waals surface area contributed by atoms with Gasteiger partial charge >= 0.3 is 5.97 Å². The summed E-state index contributed by atoms with van der Waals surface area (Å²) in [6, 6.07) is 11.1. The van der Waals surface area contributed by atoms with E-state index in [9.17, 15) is 4.79 Å². The number of nitrogens with zero attached hydrogens (tertiary/aromatic N) is 1. The van der Waals surface area contributed by atoms with Gasteiger partial charge in [0.2, 0.25) is 5.90 Å². The minimum atomic E-state index is -0.466. The Hall–Kier alpha value is -2.62. The van der Waals surface area contributed by atoms with Crippen LogP contribution in [0.4, 0.5) is 0 Å². The second kappa shape index (κ2) is 4.57. The first kappa shape index (κ1) is 11.5. The summed E-state index contributed by atoms with van der Waals surface area (Å²) in [7, 11) is 0. The lowest BCUT2D eigenvalue weighted by Gasteiger charge is -1.99. The maximum absolute atomic E-state index is 11.7. The zero-order chi connectivity index (χ0) is 13.2. The molecule has 2 heterocycles. The van der Waals surface area contributed by atoms with E-state index in [1.54, 1.807) is 18.2 Å². The minimum Gasteiger partial charge on any atom is -0.465 e. The molecule has 1 aromatic heterocycles. The lowest BCUT2D eigenvalue weighted by Crippen LogP contribution is -2.05. The van der Waals surface area contributed by atoms with Gasteiger partial charge in [-0.1, -0.05) is 17.7 Å². The van der Waals surface area contributed by atoms with Gasteiger partial charge < -0.3 is 9.15 Å². The Morgan fingerprint density at radius 2 is 1.95 bits per heavy atom. The topological polar surface area (TPSA) is 51.8 Å². The highest BCUT2D eigenvalue weighted by atomic mass is 16.6. The molecule has 0 aliphatic carbocycles. The minimum absolute atomic E-state index is 0.241. The fourth-order valence-corrected chi connectivity index (χ4v) is 1.74. The Morgan fingerprint density at radius 1 is 1.16 bits per heavy atom. The maximum Gasteiger partial charge on any atom is 0.363 e. The normalized spacial score (nSPS) is 16.6.